The van der Waals surface area contributed by atoms with Crippen molar-refractivity contribution in [3.63, 3.8) is 0 Å². The second kappa shape index (κ2) is 13.2. The van der Waals surface area contributed by atoms with Gasteiger partial charge in [-0.05, 0) is 96.2 Å². The number of hydroxylamine groups is 2. The number of amides is 1. The van der Waals surface area contributed by atoms with Crippen LogP contribution in [0.25, 0.3) is 17.2 Å². The van der Waals surface area contributed by atoms with Gasteiger partial charge in [0.25, 0.3) is 15.9 Å². The highest BCUT2D eigenvalue weighted by atomic mass is 32.2. The summed E-state index contributed by atoms with van der Waals surface area (Å²) < 4.78 is 29.0. The van der Waals surface area contributed by atoms with Crippen LogP contribution in [0.2, 0.25) is 0 Å². The number of nitrogens with zero attached hydrogens (tertiary/aromatic N) is 2. The lowest BCUT2D eigenvalue weighted by Gasteiger charge is -2.21. The van der Waals surface area contributed by atoms with E-state index in [0.29, 0.717) is 35.0 Å². The minimum absolute atomic E-state index is 0.165. The van der Waals surface area contributed by atoms with Crippen molar-refractivity contribution in [3.05, 3.63) is 113 Å². The molecule has 2 aliphatic heterocycles. The lowest BCUT2D eigenvalue weighted by Crippen LogP contribution is -2.33. The summed E-state index contributed by atoms with van der Waals surface area (Å²) in [5, 5.41) is 4.64. The van der Waals surface area contributed by atoms with E-state index >= 15 is 0 Å². The average molecular weight is 637 g/mol. The molecule has 0 radical (unpaired) electrons. The molecule has 0 bridgehead atoms. The highest BCUT2D eigenvalue weighted by Crippen LogP contribution is 2.33. The predicted molar refractivity (Wildman–Crippen MR) is 181 cm³/mol. The highest BCUT2D eigenvalue weighted by Gasteiger charge is 2.22. The van der Waals surface area contributed by atoms with Gasteiger partial charge in [0.05, 0.1) is 10.6 Å². The monoisotopic (exact) mass is 636 g/mol. The molecule has 6 N–H and O–H groups in total. The number of nitrogens with two attached hydrogens (primary N) is 2. The van der Waals surface area contributed by atoms with Gasteiger partial charge >= 0.3 is 0 Å². The van der Waals surface area contributed by atoms with Crippen molar-refractivity contribution in [3.8, 4) is 11.1 Å². The van der Waals surface area contributed by atoms with Crippen molar-refractivity contribution < 1.29 is 18.0 Å². The van der Waals surface area contributed by atoms with Crippen LogP contribution in [0.4, 0.5) is 17.1 Å². The largest absolute Gasteiger partial charge is 0.399 e. The molecule has 0 spiro atoms. The predicted octanol–water partition coefficient (Wildman–Crippen LogP) is 5.14. The summed E-state index contributed by atoms with van der Waals surface area (Å²) in [6.45, 7) is 4.07. The van der Waals surface area contributed by atoms with Crippen LogP contribution in [-0.4, -0.2) is 38.3 Å². The number of nitrogens with one attached hydrogen (secondary N) is 2. The molecule has 6 rings (SSSR count). The molecule has 10 nitrogen and oxygen atoms in total. The summed E-state index contributed by atoms with van der Waals surface area (Å²) >= 11 is 0. The lowest BCUT2D eigenvalue weighted by atomic mass is 10.0. The zero-order valence-electron chi connectivity index (χ0n) is 25.5. The van der Waals surface area contributed by atoms with Crippen LogP contribution in [0.15, 0.2) is 100 Å². The van der Waals surface area contributed by atoms with Crippen molar-refractivity contribution in [2.45, 2.75) is 37.8 Å². The summed E-state index contributed by atoms with van der Waals surface area (Å²) in [5.74, 6) is 0.0156. The first-order valence-corrected chi connectivity index (χ1v) is 16.6. The summed E-state index contributed by atoms with van der Waals surface area (Å²) in [7, 11) is -3.77. The number of carbonyl (C=O) groups is 1. The maximum absolute atomic E-state index is 13.4. The molecule has 236 valence electrons. The van der Waals surface area contributed by atoms with Crippen LogP contribution >= 0.6 is 0 Å². The third kappa shape index (κ3) is 6.96. The maximum Gasteiger partial charge on any atom is 0.273 e. The van der Waals surface area contributed by atoms with Gasteiger partial charge in [0, 0.05) is 42.0 Å². The minimum Gasteiger partial charge on any atom is -0.399 e. The van der Waals surface area contributed by atoms with Crippen LogP contribution < -0.4 is 21.5 Å². The van der Waals surface area contributed by atoms with E-state index in [1.165, 1.54) is 10.6 Å². The number of fused-ring (bicyclic) bond motifs is 2. The smallest absolute Gasteiger partial charge is 0.273 e. The number of likely N-dealkylation sites (N-methyl/N-ethyl adjacent to an activating group) is 1. The fourth-order valence-electron chi connectivity index (χ4n) is 5.51. The van der Waals surface area contributed by atoms with Crippen LogP contribution in [0, 0.1) is 0 Å². The second-order valence-corrected chi connectivity index (χ2v) is 13.0. The molecule has 0 aliphatic carbocycles. The van der Waals surface area contributed by atoms with Crippen molar-refractivity contribution in [1.82, 2.24) is 10.4 Å². The zero-order chi connectivity index (χ0) is 32.3. The van der Waals surface area contributed by atoms with Gasteiger partial charge in [-0.1, -0.05) is 42.5 Å². The molecule has 0 saturated carbocycles. The van der Waals surface area contributed by atoms with Gasteiger partial charge < -0.3 is 16.8 Å². The summed E-state index contributed by atoms with van der Waals surface area (Å²) in [6, 6.07) is 25.3. The number of hydrogen-bond acceptors (Lipinski definition) is 8. The molecule has 0 aromatic heterocycles. The van der Waals surface area contributed by atoms with Crippen molar-refractivity contribution >= 4 is 44.9 Å². The third-order valence-corrected chi connectivity index (χ3v) is 9.39. The Balaban J connectivity index is 1.17. The SMILES string of the molecule is CCN(OCc1ccc(N)cc1)C(=O)C1=Cc2ccc(-c3ccc(S(=O)(=O)Nc4ccc5c(c4)CCNC5)cc3)cc2N=C(N)C1. The zero-order valence-corrected chi connectivity index (χ0v) is 26.3. The van der Waals surface area contributed by atoms with Crippen molar-refractivity contribution in [1.29, 1.82) is 0 Å². The first-order valence-electron chi connectivity index (χ1n) is 15.1. The summed E-state index contributed by atoms with van der Waals surface area (Å²) in [5.41, 5.74) is 19.9. The number of benzene rings is 4. The molecule has 11 heteroatoms. The average Bonchev–Trinajstić information content (AvgIpc) is 3.23. The van der Waals surface area contributed by atoms with E-state index in [0.717, 1.165) is 47.3 Å². The molecule has 4 aromatic carbocycles. The van der Waals surface area contributed by atoms with Gasteiger partial charge in [0.15, 0.2) is 0 Å². The van der Waals surface area contributed by atoms with Crippen molar-refractivity contribution in [2.24, 2.45) is 10.7 Å². The number of hydrogen-bond donors (Lipinski definition) is 4. The van der Waals surface area contributed by atoms with Gasteiger partial charge in [0.2, 0.25) is 0 Å². The molecule has 1 amide bonds. The van der Waals surface area contributed by atoms with Gasteiger partial charge in [0.1, 0.15) is 12.4 Å². The fourth-order valence-corrected chi connectivity index (χ4v) is 6.56. The third-order valence-electron chi connectivity index (χ3n) is 7.99. The molecule has 0 saturated heterocycles. The Labute approximate surface area is 268 Å². The molecule has 46 heavy (non-hydrogen) atoms. The van der Waals surface area contributed by atoms with Crippen LogP contribution in [-0.2, 0) is 39.2 Å². The Morgan fingerprint density at radius 2 is 1.72 bits per heavy atom. The molecular formula is C35H36N6O4S. The summed E-state index contributed by atoms with van der Waals surface area (Å²) in [6.07, 6.45) is 2.82. The molecular weight excluding hydrogens is 600 g/mol. The van der Waals surface area contributed by atoms with E-state index in [4.69, 9.17) is 16.3 Å². The Hall–Kier alpha value is -4.97. The normalized spacial score (nSPS) is 14.3. The number of anilines is 2. The standard InChI is InChI=1S/C35H36N6O4S/c1-2-41(45-22-23-3-10-30(36)11-4-23)35(42)29-17-27-6-5-25(19-33(27)39-34(37)20-29)24-8-13-32(14-9-24)46(43,44)40-31-12-7-28-21-38-16-15-26(28)18-31/h3-14,17-19,38,40H,2,15-16,20-22,36H2,1H3,(H2,37,39). The molecule has 4 aromatic rings. The van der Waals surface area contributed by atoms with Crippen LogP contribution in [0.5, 0.6) is 0 Å². The Morgan fingerprint density at radius 3 is 2.48 bits per heavy atom. The van der Waals surface area contributed by atoms with Crippen molar-refractivity contribution in [2.75, 3.05) is 23.5 Å². The second-order valence-electron chi connectivity index (χ2n) is 11.3. The number of aliphatic imine (C=N–C) groups is 1. The molecule has 2 aliphatic rings. The highest BCUT2D eigenvalue weighted by molar-refractivity contribution is 7.92. The molecule has 0 unspecified atom stereocenters. The number of carbonyl (C=O) groups excluding carboxylic acids is 1. The van der Waals surface area contributed by atoms with Crippen LogP contribution in [0.1, 0.15) is 35.6 Å². The quantitative estimate of drug-likeness (QED) is 0.147. The molecule has 0 fully saturated rings. The molecule has 2 heterocycles. The molecule has 0 atom stereocenters. The van der Waals surface area contributed by atoms with Gasteiger partial charge in [-0.15, -0.1) is 0 Å². The minimum atomic E-state index is -3.77. The maximum atomic E-state index is 13.4. The van der Waals surface area contributed by atoms with E-state index < -0.39 is 10.0 Å². The first kappa shape index (κ1) is 31.0. The number of amidine groups is 1. The van der Waals surface area contributed by atoms with E-state index in [1.54, 1.807) is 48.5 Å². The fraction of sp³-hybridized carbons (Fsp3) is 0.200. The van der Waals surface area contributed by atoms with E-state index in [2.05, 4.69) is 15.0 Å². The van der Waals surface area contributed by atoms with Gasteiger partial charge in [-0.3, -0.25) is 14.4 Å². The topological polar surface area (TPSA) is 152 Å². The van der Waals surface area contributed by atoms with E-state index in [1.807, 2.05) is 49.4 Å². The first-order chi connectivity index (χ1) is 22.2. The summed E-state index contributed by atoms with van der Waals surface area (Å²) in [4.78, 5) is 24.0. The van der Waals surface area contributed by atoms with E-state index in [-0.39, 0.29) is 23.8 Å². The van der Waals surface area contributed by atoms with Crippen LogP contribution in [0.3, 0.4) is 0 Å². The van der Waals surface area contributed by atoms with Gasteiger partial charge in [-0.2, -0.15) is 0 Å². The number of nitrogen functional groups attached to an aromatic ring is 1. The van der Waals surface area contributed by atoms with E-state index in [9.17, 15) is 13.2 Å². The van der Waals surface area contributed by atoms with Gasteiger partial charge in [-0.25, -0.2) is 18.5 Å². The Bertz CT molecular complexity index is 1940. The Morgan fingerprint density at radius 1 is 0.957 bits per heavy atom. The Kier molecular flexibility index (Phi) is 8.89. The number of rotatable bonds is 9. The number of sulfonamides is 1. The lowest BCUT2D eigenvalue weighted by molar-refractivity contribution is -0.185.